The van der Waals surface area contributed by atoms with Crippen molar-refractivity contribution < 1.29 is 9.22 Å². The second-order valence-electron chi connectivity index (χ2n) is 4.89. The summed E-state index contributed by atoms with van der Waals surface area (Å²) in [5.74, 6) is 0.0755. The number of carbonyl (C=O) groups excluding carboxylic acids is 1. The van der Waals surface area contributed by atoms with Crippen LogP contribution < -0.4 is 5.32 Å². The van der Waals surface area contributed by atoms with E-state index in [9.17, 15) is 4.79 Å². The van der Waals surface area contributed by atoms with Crippen LogP contribution in [0.25, 0.3) is 0 Å². The summed E-state index contributed by atoms with van der Waals surface area (Å²) in [6, 6.07) is 3.49. The van der Waals surface area contributed by atoms with Gasteiger partial charge in [-0.15, -0.1) is 0 Å². The predicted octanol–water partition coefficient (Wildman–Crippen LogP) is 2.68. The fourth-order valence-corrected chi connectivity index (χ4v) is 5.61. The number of nitrogens with one attached hydrogen (secondary N) is 1. The molecule has 2 atom stereocenters. The van der Waals surface area contributed by atoms with Crippen LogP contribution in [0.2, 0.25) is 18.1 Å². The van der Waals surface area contributed by atoms with Crippen LogP contribution in [0.3, 0.4) is 0 Å². The molecule has 1 aliphatic heterocycles. The fraction of sp³-hybridized carbons (Fsp3) is 0.917. The van der Waals surface area contributed by atoms with Crippen LogP contribution in [0.4, 0.5) is 0 Å². The molecule has 0 radical (unpaired) electrons. The number of amides is 1. The Bertz CT molecular complexity index is 257. The summed E-state index contributed by atoms with van der Waals surface area (Å²) < 4.78 is 6.35. The lowest BCUT2D eigenvalue weighted by Crippen LogP contribution is -2.74. The highest BCUT2D eigenvalue weighted by molar-refractivity contribution is 6.73. The molecule has 1 heterocycles. The SMILES string of the molecule is CC[C@@H]1NC(=O)[C@]1(C)O[Si](CC)(CC)CC. The molecule has 1 amide bonds. The van der Waals surface area contributed by atoms with Gasteiger partial charge in [0.2, 0.25) is 0 Å². The van der Waals surface area contributed by atoms with Crippen molar-refractivity contribution in [3.8, 4) is 0 Å². The van der Waals surface area contributed by atoms with Gasteiger partial charge in [-0.1, -0.05) is 27.7 Å². The monoisotopic (exact) mass is 243 g/mol. The number of rotatable bonds is 6. The minimum absolute atomic E-state index is 0.0755. The Hall–Kier alpha value is -0.353. The predicted molar refractivity (Wildman–Crippen MR) is 68.9 cm³/mol. The van der Waals surface area contributed by atoms with Crippen molar-refractivity contribution in [2.45, 2.75) is 70.8 Å². The highest BCUT2D eigenvalue weighted by atomic mass is 28.4. The van der Waals surface area contributed by atoms with Gasteiger partial charge in [0, 0.05) is 0 Å². The molecule has 1 aliphatic rings. The Balaban J connectivity index is 2.81. The molecular formula is C12H25NO2Si. The van der Waals surface area contributed by atoms with Gasteiger partial charge in [-0.25, -0.2) is 0 Å². The summed E-state index contributed by atoms with van der Waals surface area (Å²) in [4.78, 5) is 11.7. The second kappa shape index (κ2) is 4.88. The van der Waals surface area contributed by atoms with E-state index in [0.29, 0.717) is 0 Å². The summed E-state index contributed by atoms with van der Waals surface area (Å²) in [7, 11) is -1.68. The van der Waals surface area contributed by atoms with Crippen LogP contribution in [0.5, 0.6) is 0 Å². The van der Waals surface area contributed by atoms with Crippen LogP contribution in [-0.4, -0.2) is 25.9 Å². The highest BCUT2D eigenvalue weighted by Gasteiger charge is 2.54. The zero-order chi connectivity index (χ0) is 12.4. The molecular weight excluding hydrogens is 218 g/mol. The maximum absolute atomic E-state index is 11.7. The normalized spacial score (nSPS) is 29.8. The van der Waals surface area contributed by atoms with Crippen LogP contribution in [0.15, 0.2) is 0 Å². The van der Waals surface area contributed by atoms with Crippen molar-refractivity contribution in [2.24, 2.45) is 0 Å². The van der Waals surface area contributed by atoms with E-state index < -0.39 is 13.9 Å². The van der Waals surface area contributed by atoms with Gasteiger partial charge in [0.1, 0.15) is 0 Å². The summed E-state index contributed by atoms with van der Waals surface area (Å²) in [6.45, 7) is 10.6. The molecule has 0 aliphatic carbocycles. The van der Waals surface area contributed by atoms with E-state index in [4.69, 9.17) is 4.43 Å². The molecule has 94 valence electrons. The van der Waals surface area contributed by atoms with Gasteiger partial charge in [-0.2, -0.15) is 0 Å². The van der Waals surface area contributed by atoms with Crippen molar-refractivity contribution in [1.82, 2.24) is 5.32 Å². The average Bonchev–Trinajstić information content (AvgIpc) is 2.32. The topological polar surface area (TPSA) is 38.3 Å². The average molecular weight is 243 g/mol. The molecule has 0 aromatic rings. The van der Waals surface area contributed by atoms with Crippen LogP contribution in [0, 0.1) is 0 Å². The van der Waals surface area contributed by atoms with Crippen molar-refractivity contribution in [3.63, 3.8) is 0 Å². The zero-order valence-corrected chi connectivity index (χ0v) is 12.2. The Morgan fingerprint density at radius 2 is 1.75 bits per heavy atom. The molecule has 1 N–H and O–H groups in total. The van der Waals surface area contributed by atoms with Crippen molar-refractivity contribution in [3.05, 3.63) is 0 Å². The lowest BCUT2D eigenvalue weighted by Gasteiger charge is -2.50. The largest absolute Gasteiger partial charge is 0.401 e. The van der Waals surface area contributed by atoms with Gasteiger partial charge in [0.25, 0.3) is 5.91 Å². The van der Waals surface area contributed by atoms with Crippen LogP contribution in [-0.2, 0) is 9.22 Å². The Kier molecular flexibility index (Phi) is 4.18. The fourth-order valence-electron chi connectivity index (χ4n) is 2.55. The van der Waals surface area contributed by atoms with Crippen molar-refractivity contribution >= 4 is 14.2 Å². The van der Waals surface area contributed by atoms with Gasteiger partial charge in [-0.05, 0) is 31.5 Å². The van der Waals surface area contributed by atoms with E-state index in [0.717, 1.165) is 24.6 Å². The first-order valence-corrected chi connectivity index (χ1v) is 9.02. The Morgan fingerprint density at radius 3 is 2.06 bits per heavy atom. The summed E-state index contributed by atoms with van der Waals surface area (Å²) in [5, 5.41) is 2.94. The summed E-state index contributed by atoms with van der Waals surface area (Å²) in [5.41, 5.74) is -0.553. The first-order chi connectivity index (χ1) is 7.48. The van der Waals surface area contributed by atoms with E-state index >= 15 is 0 Å². The van der Waals surface area contributed by atoms with E-state index in [2.05, 4.69) is 33.0 Å². The Labute approximate surface area is 100 Å². The van der Waals surface area contributed by atoms with Gasteiger partial charge < -0.3 is 9.74 Å². The van der Waals surface area contributed by atoms with E-state index in [1.54, 1.807) is 0 Å². The van der Waals surface area contributed by atoms with Gasteiger partial charge >= 0.3 is 0 Å². The van der Waals surface area contributed by atoms with Gasteiger partial charge in [0.15, 0.2) is 13.9 Å². The number of carbonyl (C=O) groups is 1. The standard InChI is InChI=1S/C12H25NO2Si/c1-6-10-12(5,11(14)13-10)15-16(7-2,8-3)9-4/h10H,6-9H2,1-5H3,(H,13,14)/t10-,12+/m0/s1. The molecule has 0 spiro atoms. The van der Waals surface area contributed by atoms with Crippen molar-refractivity contribution in [1.29, 1.82) is 0 Å². The lowest BCUT2D eigenvalue weighted by atomic mass is 9.85. The van der Waals surface area contributed by atoms with Crippen LogP contribution in [0.1, 0.15) is 41.0 Å². The highest BCUT2D eigenvalue weighted by Crippen LogP contribution is 2.35. The first-order valence-electron chi connectivity index (χ1n) is 6.49. The third kappa shape index (κ3) is 2.05. The molecule has 1 saturated heterocycles. The molecule has 0 saturated carbocycles. The smallest absolute Gasteiger partial charge is 0.253 e. The molecule has 1 fully saturated rings. The number of β-lactam (4-membered cyclic amide) rings is 1. The van der Waals surface area contributed by atoms with E-state index in [1.165, 1.54) is 0 Å². The summed E-state index contributed by atoms with van der Waals surface area (Å²) >= 11 is 0. The van der Waals surface area contributed by atoms with E-state index in [1.807, 2.05) is 6.92 Å². The van der Waals surface area contributed by atoms with Crippen molar-refractivity contribution in [2.75, 3.05) is 0 Å². The maximum Gasteiger partial charge on any atom is 0.253 e. The van der Waals surface area contributed by atoms with Gasteiger partial charge in [-0.3, -0.25) is 4.79 Å². The molecule has 0 aromatic carbocycles. The minimum Gasteiger partial charge on any atom is -0.401 e. The zero-order valence-electron chi connectivity index (χ0n) is 11.2. The maximum atomic E-state index is 11.7. The second-order valence-corrected chi connectivity index (χ2v) is 9.58. The van der Waals surface area contributed by atoms with Gasteiger partial charge in [0.05, 0.1) is 6.04 Å². The lowest BCUT2D eigenvalue weighted by molar-refractivity contribution is -0.155. The Morgan fingerprint density at radius 1 is 1.25 bits per heavy atom. The summed E-state index contributed by atoms with van der Waals surface area (Å²) in [6.07, 6.45) is 0.948. The molecule has 0 bridgehead atoms. The quantitative estimate of drug-likeness (QED) is 0.575. The molecule has 0 unspecified atom stereocenters. The van der Waals surface area contributed by atoms with Crippen LogP contribution >= 0.6 is 0 Å². The minimum atomic E-state index is -1.68. The van der Waals surface area contributed by atoms with E-state index in [-0.39, 0.29) is 11.9 Å². The number of hydrogen-bond donors (Lipinski definition) is 1. The molecule has 4 heteroatoms. The molecule has 3 nitrogen and oxygen atoms in total. The molecule has 0 aromatic heterocycles. The molecule has 1 rings (SSSR count). The third-order valence-corrected chi connectivity index (χ3v) is 8.91. The number of hydrogen-bond acceptors (Lipinski definition) is 2. The first kappa shape index (κ1) is 13.7. The third-order valence-electron chi connectivity index (χ3n) is 4.19. The molecule has 16 heavy (non-hydrogen) atoms.